The van der Waals surface area contributed by atoms with Crippen molar-refractivity contribution in [2.24, 2.45) is 0 Å². The topological polar surface area (TPSA) is 46.6 Å². The van der Waals surface area contributed by atoms with Gasteiger partial charge in [0.15, 0.2) is 0 Å². The van der Waals surface area contributed by atoms with Gasteiger partial charge in [0.2, 0.25) is 0 Å². The number of hydrogen-bond acceptors (Lipinski definition) is 3. The summed E-state index contributed by atoms with van der Waals surface area (Å²) < 4.78 is 26.1. The molecule has 22 heavy (non-hydrogen) atoms. The lowest BCUT2D eigenvalue weighted by Gasteiger charge is -2.20. The molecular weight excluding hydrogens is 298 g/mol. The molecule has 4 nitrogen and oxygen atoms in total. The van der Waals surface area contributed by atoms with Gasteiger partial charge < -0.3 is 0 Å². The maximum absolute atomic E-state index is 12.5. The molecule has 1 heterocycles. The van der Waals surface area contributed by atoms with Crippen molar-refractivity contribution in [1.29, 1.82) is 0 Å². The second-order valence-corrected chi connectivity index (χ2v) is 6.72. The lowest BCUT2D eigenvalue weighted by Crippen LogP contribution is -2.27. The van der Waals surface area contributed by atoms with Gasteiger partial charge in [-0.1, -0.05) is 65.1 Å². The van der Waals surface area contributed by atoms with Crippen molar-refractivity contribution in [3.8, 4) is 0 Å². The summed E-state index contributed by atoms with van der Waals surface area (Å²) in [5, 5.41) is 1.20. The van der Waals surface area contributed by atoms with Crippen molar-refractivity contribution < 1.29 is 13.3 Å². The molecule has 1 fully saturated rings. The fraction of sp³-hybridized carbons (Fsp3) is 0.176. The van der Waals surface area contributed by atoms with E-state index in [1.165, 1.54) is 5.41 Å². The van der Waals surface area contributed by atoms with Gasteiger partial charge in [0.1, 0.15) is 0 Å². The molecule has 0 aromatic heterocycles. The Bertz CT molecular complexity index is 742. The summed E-state index contributed by atoms with van der Waals surface area (Å²) >= 11 is 0. The van der Waals surface area contributed by atoms with Crippen molar-refractivity contribution >= 4 is 16.1 Å². The third kappa shape index (κ3) is 3.27. The van der Waals surface area contributed by atoms with Crippen LogP contribution in [-0.4, -0.2) is 19.5 Å². The van der Waals surface area contributed by atoms with Gasteiger partial charge in [0.05, 0.1) is 12.6 Å². The lowest BCUT2D eigenvalue weighted by molar-refractivity contribution is -0.0486. The number of hydrogen-bond donors (Lipinski definition) is 0. The van der Waals surface area contributed by atoms with Crippen LogP contribution in [0.1, 0.15) is 23.6 Å². The summed E-state index contributed by atoms with van der Waals surface area (Å²) in [6.45, 7) is 0.401. The summed E-state index contributed by atoms with van der Waals surface area (Å²) in [6.07, 6.45) is 2.24. The summed E-state index contributed by atoms with van der Waals surface area (Å²) in [5.74, 6) is 0. The summed E-state index contributed by atoms with van der Waals surface area (Å²) in [6, 6.07) is 18.6. The Kier molecular flexibility index (Phi) is 4.38. The van der Waals surface area contributed by atoms with Crippen LogP contribution >= 0.6 is 0 Å². The van der Waals surface area contributed by atoms with E-state index in [1.54, 1.807) is 6.08 Å². The van der Waals surface area contributed by atoms with E-state index in [1.807, 2.05) is 60.7 Å². The Hall–Kier alpha value is -1.95. The average molecular weight is 315 g/mol. The lowest BCUT2D eigenvalue weighted by atomic mass is 10.1. The molecule has 0 spiro atoms. The van der Waals surface area contributed by atoms with Crippen molar-refractivity contribution in [2.45, 2.75) is 12.5 Å². The normalized spacial score (nSPS) is 19.7. The van der Waals surface area contributed by atoms with Crippen LogP contribution in [0, 0.1) is 0 Å². The first-order valence-electron chi connectivity index (χ1n) is 7.12. The van der Waals surface area contributed by atoms with E-state index in [2.05, 4.69) is 0 Å². The van der Waals surface area contributed by atoms with Crippen LogP contribution < -0.4 is 0 Å². The minimum absolute atomic E-state index is 0.272. The summed E-state index contributed by atoms with van der Waals surface area (Å²) in [4.78, 5) is 5.37. The molecule has 0 aliphatic carbocycles. The first kappa shape index (κ1) is 15.0. The van der Waals surface area contributed by atoms with Crippen LogP contribution in [0.2, 0.25) is 0 Å². The van der Waals surface area contributed by atoms with Gasteiger partial charge in [-0.15, -0.1) is 0 Å². The molecule has 0 amide bonds. The highest BCUT2D eigenvalue weighted by atomic mass is 32.2. The minimum Gasteiger partial charge on any atom is -0.283 e. The maximum Gasteiger partial charge on any atom is 0.258 e. The molecule has 1 saturated heterocycles. The van der Waals surface area contributed by atoms with E-state index in [9.17, 15) is 8.42 Å². The standard InChI is InChI=1S/C17H17NO3S/c19-22(20,14-12-15-7-3-1-4-8-15)18-17(11-13-21-18)16-9-5-2-6-10-16/h1-10,12,14,17H,11,13H2. The van der Waals surface area contributed by atoms with E-state index in [4.69, 9.17) is 4.84 Å². The number of benzene rings is 2. The molecule has 0 bridgehead atoms. The molecule has 2 aromatic rings. The zero-order valence-electron chi connectivity index (χ0n) is 12.0. The van der Waals surface area contributed by atoms with Crippen LogP contribution in [-0.2, 0) is 14.9 Å². The number of nitrogens with zero attached hydrogens (tertiary/aromatic N) is 1. The van der Waals surface area contributed by atoms with E-state index >= 15 is 0 Å². The number of sulfonamides is 1. The Balaban J connectivity index is 1.84. The molecule has 2 aromatic carbocycles. The van der Waals surface area contributed by atoms with E-state index in [0.717, 1.165) is 15.6 Å². The highest BCUT2D eigenvalue weighted by Crippen LogP contribution is 2.33. The first-order valence-corrected chi connectivity index (χ1v) is 8.62. The monoisotopic (exact) mass is 315 g/mol. The second kappa shape index (κ2) is 6.44. The van der Waals surface area contributed by atoms with Gasteiger partial charge in [-0.3, -0.25) is 4.84 Å². The zero-order valence-corrected chi connectivity index (χ0v) is 12.8. The van der Waals surface area contributed by atoms with Gasteiger partial charge in [-0.2, -0.15) is 0 Å². The predicted molar refractivity (Wildman–Crippen MR) is 86.0 cm³/mol. The number of hydroxylamine groups is 1. The molecule has 1 atom stereocenters. The van der Waals surface area contributed by atoms with Gasteiger partial charge in [-0.25, -0.2) is 8.42 Å². The predicted octanol–water partition coefficient (Wildman–Crippen LogP) is 3.37. The highest BCUT2D eigenvalue weighted by Gasteiger charge is 2.35. The maximum atomic E-state index is 12.5. The van der Waals surface area contributed by atoms with Crippen LogP contribution in [0.5, 0.6) is 0 Å². The molecular formula is C17H17NO3S. The molecule has 0 saturated carbocycles. The van der Waals surface area contributed by atoms with Crippen molar-refractivity contribution in [1.82, 2.24) is 4.47 Å². The molecule has 0 radical (unpaired) electrons. The largest absolute Gasteiger partial charge is 0.283 e. The molecule has 1 unspecified atom stereocenters. The van der Waals surface area contributed by atoms with E-state index < -0.39 is 10.0 Å². The van der Waals surface area contributed by atoms with Gasteiger partial charge in [-0.05, 0) is 23.6 Å². The van der Waals surface area contributed by atoms with Crippen LogP contribution in [0.15, 0.2) is 66.1 Å². The number of rotatable bonds is 4. The molecule has 0 N–H and O–H groups in total. The van der Waals surface area contributed by atoms with Crippen molar-refractivity contribution in [3.05, 3.63) is 77.2 Å². The fourth-order valence-corrected chi connectivity index (χ4v) is 3.71. The Morgan fingerprint density at radius 3 is 2.32 bits per heavy atom. The molecule has 3 rings (SSSR count). The molecule has 5 heteroatoms. The fourth-order valence-electron chi connectivity index (χ4n) is 2.45. The zero-order chi connectivity index (χ0) is 15.4. The Morgan fingerprint density at radius 2 is 1.64 bits per heavy atom. The quantitative estimate of drug-likeness (QED) is 0.869. The van der Waals surface area contributed by atoms with Crippen molar-refractivity contribution in [3.63, 3.8) is 0 Å². The molecule has 1 aliphatic heterocycles. The third-order valence-electron chi connectivity index (χ3n) is 3.53. The summed E-state index contributed by atoms with van der Waals surface area (Å²) in [7, 11) is -3.62. The van der Waals surface area contributed by atoms with Crippen LogP contribution in [0.3, 0.4) is 0 Å². The SMILES string of the molecule is O=S(=O)(C=Cc1ccccc1)N1OCCC1c1ccccc1. The molecule has 114 valence electrons. The third-order valence-corrected chi connectivity index (χ3v) is 4.87. The summed E-state index contributed by atoms with van der Waals surface area (Å²) in [5.41, 5.74) is 1.78. The second-order valence-electron chi connectivity index (χ2n) is 5.06. The highest BCUT2D eigenvalue weighted by molar-refractivity contribution is 7.92. The van der Waals surface area contributed by atoms with Crippen molar-refractivity contribution in [2.75, 3.05) is 6.61 Å². The van der Waals surface area contributed by atoms with Crippen LogP contribution in [0.4, 0.5) is 0 Å². The first-order chi connectivity index (χ1) is 10.7. The smallest absolute Gasteiger partial charge is 0.258 e. The average Bonchev–Trinajstić information content (AvgIpc) is 3.06. The Labute approximate surface area is 130 Å². The van der Waals surface area contributed by atoms with Gasteiger partial charge in [0, 0.05) is 5.41 Å². The van der Waals surface area contributed by atoms with Crippen LogP contribution in [0.25, 0.3) is 6.08 Å². The molecule has 1 aliphatic rings. The minimum atomic E-state index is -3.62. The van der Waals surface area contributed by atoms with E-state index in [0.29, 0.717) is 13.0 Å². The Morgan fingerprint density at radius 1 is 1.00 bits per heavy atom. The van der Waals surface area contributed by atoms with E-state index in [-0.39, 0.29) is 6.04 Å². The van der Waals surface area contributed by atoms with Gasteiger partial charge >= 0.3 is 0 Å². The van der Waals surface area contributed by atoms with Gasteiger partial charge in [0.25, 0.3) is 10.0 Å².